The van der Waals surface area contributed by atoms with E-state index in [1.807, 2.05) is 18.7 Å². The van der Waals surface area contributed by atoms with Gasteiger partial charge in [-0.1, -0.05) is 20.3 Å². The lowest BCUT2D eigenvalue weighted by molar-refractivity contribution is -0.137. The van der Waals surface area contributed by atoms with Gasteiger partial charge in [0.15, 0.2) is 0 Å². The Morgan fingerprint density at radius 2 is 2.06 bits per heavy atom. The smallest absolute Gasteiger partial charge is 0.225 e. The van der Waals surface area contributed by atoms with Crippen LogP contribution in [0.1, 0.15) is 47.0 Å². The Balaban J connectivity index is 2.42. The maximum atomic E-state index is 12.4. The molecule has 4 atom stereocenters. The van der Waals surface area contributed by atoms with Crippen LogP contribution in [-0.4, -0.2) is 40.4 Å². The highest BCUT2D eigenvalue weighted by atomic mass is 32.2. The van der Waals surface area contributed by atoms with E-state index in [4.69, 9.17) is 5.73 Å². The van der Waals surface area contributed by atoms with Crippen molar-refractivity contribution in [2.24, 2.45) is 11.7 Å². The van der Waals surface area contributed by atoms with Gasteiger partial charge in [0.25, 0.3) is 0 Å². The summed E-state index contributed by atoms with van der Waals surface area (Å²) >= 11 is 1.97. The fraction of sp³-hybridized carbons (Fsp3) is 0.929. The molecule has 1 aliphatic heterocycles. The lowest BCUT2D eigenvalue weighted by Gasteiger charge is -2.39. The Hall–Kier alpha value is -0.220. The highest BCUT2D eigenvalue weighted by molar-refractivity contribution is 8.00. The molecule has 106 valence electrons. The van der Waals surface area contributed by atoms with Gasteiger partial charge in [-0.05, 0) is 26.7 Å². The molecule has 0 spiro atoms. The van der Waals surface area contributed by atoms with Crippen molar-refractivity contribution in [1.29, 1.82) is 0 Å². The first-order chi connectivity index (χ1) is 8.43. The first-order valence-corrected chi connectivity index (χ1v) is 8.16. The normalized spacial score (nSPS) is 27.9. The maximum absolute atomic E-state index is 12.4. The summed E-state index contributed by atoms with van der Waals surface area (Å²) in [7, 11) is 0. The largest absolute Gasteiger partial charge is 0.338 e. The predicted octanol–water partition coefficient (Wildman–Crippen LogP) is 2.49. The van der Waals surface area contributed by atoms with Gasteiger partial charge in [-0.15, -0.1) is 0 Å². The summed E-state index contributed by atoms with van der Waals surface area (Å²) in [6, 6.07) is 0.616. The van der Waals surface area contributed by atoms with E-state index in [0.29, 0.717) is 17.2 Å². The van der Waals surface area contributed by atoms with E-state index in [1.165, 1.54) is 0 Å². The number of thioether (sulfide) groups is 1. The average Bonchev–Trinajstić information content (AvgIpc) is 2.31. The van der Waals surface area contributed by atoms with Crippen molar-refractivity contribution in [3.8, 4) is 0 Å². The van der Waals surface area contributed by atoms with Crippen LogP contribution < -0.4 is 5.73 Å². The first-order valence-electron chi connectivity index (χ1n) is 7.11. The van der Waals surface area contributed by atoms with Gasteiger partial charge in [-0.25, -0.2) is 0 Å². The summed E-state index contributed by atoms with van der Waals surface area (Å²) in [6.45, 7) is 9.38. The molecule has 1 aliphatic rings. The third-order valence-corrected chi connectivity index (χ3v) is 5.22. The molecule has 0 aliphatic carbocycles. The van der Waals surface area contributed by atoms with Crippen LogP contribution in [0.4, 0.5) is 0 Å². The number of carbonyl (C=O) groups is 1. The zero-order valence-corrected chi connectivity index (χ0v) is 13.0. The Morgan fingerprint density at radius 1 is 1.39 bits per heavy atom. The molecule has 0 aromatic heterocycles. The predicted molar refractivity (Wildman–Crippen MR) is 79.8 cm³/mol. The second kappa shape index (κ2) is 7.39. The Labute approximate surface area is 116 Å². The van der Waals surface area contributed by atoms with Crippen molar-refractivity contribution in [2.45, 2.75) is 64.3 Å². The molecule has 1 saturated heterocycles. The zero-order valence-electron chi connectivity index (χ0n) is 12.2. The van der Waals surface area contributed by atoms with Crippen LogP contribution >= 0.6 is 11.8 Å². The number of amides is 1. The number of hydrogen-bond donors (Lipinski definition) is 1. The summed E-state index contributed by atoms with van der Waals surface area (Å²) < 4.78 is 0. The van der Waals surface area contributed by atoms with E-state index in [-0.39, 0.29) is 12.0 Å². The molecule has 0 saturated carbocycles. The van der Waals surface area contributed by atoms with Crippen molar-refractivity contribution < 1.29 is 4.79 Å². The minimum Gasteiger partial charge on any atom is -0.338 e. The van der Waals surface area contributed by atoms with E-state index in [0.717, 1.165) is 31.6 Å². The van der Waals surface area contributed by atoms with Crippen molar-refractivity contribution in [3.05, 3.63) is 0 Å². The van der Waals surface area contributed by atoms with Gasteiger partial charge in [0.2, 0.25) is 5.91 Å². The molecule has 0 bridgehead atoms. The van der Waals surface area contributed by atoms with Gasteiger partial charge in [-0.2, -0.15) is 11.8 Å². The number of rotatable bonds is 5. The molecule has 4 heteroatoms. The van der Waals surface area contributed by atoms with E-state index in [1.54, 1.807) is 0 Å². The summed E-state index contributed by atoms with van der Waals surface area (Å²) in [4.78, 5) is 14.5. The second-order valence-corrected chi connectivity index (χ2v) is 7.14. The summed E-state index contributed by atoms with van der Waals surface area (Å²) in [5.74, 6) is 1.55. The van der Waals surface area contributed by atoms with Crippen molar-refractivity contribution in [1.82, 2.24) is 4.90 Å². The van der Waals surface area contributed by atoms with Gasteiger partial charge in [0.1, 0.15) is 0 Å². The van der Waals surface area contributed by atoms with Gasteiger partial charge >= 0.3 is 0 Å². The summed E-state index contributed by atoms with van der Waals surface area (Å²) in [5, 5.41) is 0.555. The van der Waals surface area contributed by atoms with Crippen molar-refractivity contribution in [2.75, 3.05) is 12.3 Å². The van der Waals surface area contributed by atoms with Crippen LogP contribution in [0, 0.1) is 5.92 Å². The molecule has 2 N–H and O–H groups in total. The molecular formula is C14H28N2OS. The molecule has 1 fully saturated rings. The number of carbonyl (C=O) groups excluding carboxylic acids is 1. The number of nitrogens with two attached hydrogens (primary N) is 1. The molecule has 1 amide bonds. The Morgan fingerprint density at radius 3 is 2.67 bits per heavy atom. The van der Waals surface area contributed by atoms with E-state index < -0.39 is 0 Å². The van der Waals surface area contributed by atoms with Crippen LogP contribution in [0.3, 0.4) is 0 Å². The van der Waals surface area contributed by atoms with Gasteiger partial charge in [-0.3, -0.25) is 4.79 Å². The molecular weight excluding hydrogens is 244 g/mol. The lowest BCUT2D eigenvalue weighted by Crippen LogP contribution is -2.49. The fourth-order valence-corrected chi connectivity index (χ4v) is 3.50. The SMILES string of the molecule is CC(N)CCCC(C)C(=O)N1CCSC(C)C1C. The van der Waals surface area contributed by atoms with Crippen LogP contribution in [0.5, 0.6) is 0 Å². The molecule has 0 aromatic rings. The zero-order chi connectivity index (χ0) is 13.7. The quantitative estimate of drug-likeness (QED) is 0.836. The molecule has 3 nitrogen and oxygen atoms in total. The fourth-order valence-electron chi connectivity index (χ4n) is 2.40. The monoisotopic (exact) mass is 272 g/mol. The summed E-state index contributed by atoms with van der Waals surface area (Å²) in [6.07, 6.45) is 3.03. The van der Waals surface area contributed by atoms with Crippen LogP contribution in [0.2, 0.25) is 0 Å². The molecule has 1 rings (SSSR count). The van der Waals surface area contributed by atoms with Crippen LogP contribution in [0.25, 0.3) is 0 Å². The molecule has 1 heterocycles. The third-order valence-electron chi connectivity index (χ3n) is 3.89. The number of hydrogen-bond acceptors (Lipinski definition) is 3. The van der Waals surface area contributed by atoms with Crippen LogP contribution in [-0.2, 0) is 4.79 Å². The Bertz CT molecular complexity index is 271. The molecule has 0 aromatic carbocycles. The van der Waals surface area contributed by atoms with Crippen molar-refractivity contribution in [3.63, 3.8) is 0 Å². The summed E-state index contributed by atoms with van der Waals surface area (Å²) in [5.41, 5.74) is 5.74. The maximum Gasteiger partial charge on any atom is 0.225 e. The lowest BCUT2D eigenvalue weighted by atomic mass is 9.99. The molecule has 0 radical (unpaired) electrons. The minimum atomic E-state index is 0.140. The standard InChI is InChI=1S/C14H28N2OS/c1-10(6-5-7-11(2)15)14(17)16-8-9-18-13(4)12(16)3/h10-13H,5-9,15H2,1-4H3. The van der Waals surface area contributed by atoms with E-state index >= 15 is 0 Å². The molecule has 4 unspecified atom stereocenters. The van der Waals surface area contributed by atoms with E-state index in [9.17, 15) is 4.79 Å². The molecule has 18 heavy (non-hydrogen) atoms. The van der Waals surface area contributed by atoms with Gasteiger partial charge < -0.3 is 10.6 Å². The highest BCUT2D eigenvalue weighted by Crippen LogP contribution is 2.26. The second-order valence-electron chi connectivity index (χ2n) is 5.66. The first kappa shape index (κ1) is 15.8. The third kappa shape index (κ3) is 4.47. The van der Waals surface area contributed by atoms with Crippen LogP contribution in [0.15, 0.2) is 0 Å². The van der Waals surface area contributed by atoms with Gasteiger partial charge in [0, 0.05) is 35.5 Å². The number of nitrogens with zero attached hydrogens (tertiary/aromatic N) is 1. The average molecular weight is 272 g/mol. The highest BCUT2D eigenvalue weighted by Gasteiger charge is 2.30. The van der Waals surface area contributed by atoms with E-state index in [2.05, 4.69) is 25.7 Å². The minimum absolute atomic E-state index is 0.140. The van der Waals surface area contributed by atoms with Gasteiger partial charge in [0.05, 0.1) is 0 Å². The topological polar surface area (TPSA) is 46.3 Å². The Kier molecular flexibility index (Phi) is 6.50. The van der Waals surface area contributed by atoms with Crippen molar-refractivity contribution >= 4 is 17.7 Å².